The first-order chi connectivity index (χ1) is 11.2. The van der Waals surface area contributed by atoms with Gasteiger partial charge in [-0.2, -0.15) is 0 Å². The molecule has 2 nitrogen and oxygen atoms in total. The molecule has 1 rings (SSSR count). The second-order valence-electron chi connectivity index (χ2n) is 8.55. The standard InChI is InChI=1S/C20H39IO2Si/c1-14(2)24(15(3)4,16(5)6)22-11-9-10-19-12-17(7)20(23-19)18(8)13-21/h13-17,19-20H,9-12H2,1-8H3/b18-13+/t17-,19-,20-/m1/s1. The van der Waals surface area contributed by atoms with Crippen molar-refractivity contribution in [1.29, 1.82) is 0 Å². The maximum atomic E-state index is 6.67. The molecular weight excluding hydrogens is 427 g/mol. The Hall–Kier alpha value is 0.607. The van der Waals surface area contributed by atoms with E-state index in [4.69, 9.17) is 9.16 Å². The van der Waals surface area contributed by atoms with Gasteiger partial charge in [-0.25, -0.2) is 0 Å². The predicted molar refractivity (Wildman–Crippen MR) is 116 cm³/mol. The van der Waals surface area contributed by atoms with Crippen LogP contribution in [-0.2, 0) is 9.16 Å². The average Bonchev–Trinajstić information content (AvgIpc) is 2.86. The highest BCUT2D eigenvalue weighted by molar-refractivity contribution is 14.1. The molecule has 0 unspecified atom stereocenters. The number of rotatable bonds is 9. The lowest BCUT2D eigenvalue weighted by Gasteiger charge is -2.42. The first-order valence-electron chi connectivity index (χ1n) is 9.73. The molecule has 0 radical (unpaired) electrons. The Bertz CT molecular complexity index is 385. The van der Waals surface area contributed by atoms with Crippen LogP contribution in [0, 0.1) is 5.92 Å². The van der Waals surface area contributed by atoms with Gasteiger partial charge in [0.15, 0.2) is 8.32 Å². The quantitative estimate of drug-likeness (QED) is 0.205. The van der Waals surface area contributed by atoms with Crippen LogP contribution in [0.1, 0.15) is 74.7 Å². The minimum absolute atomic E-state index is 0.322. The summed E-state index contributed by atoms with van der Waals surface area (Å²) >= 11 is 2.32. The van der Waals surface area contributed by atoms with Crippen molar-refractivity contribution in [2.24, 2.45) is 5.92 Å². The largest absolute Gasteiger partial charge is 0.416 e. The molecule has 0 spiro atoms. The number of halogens is 1. The first kappa shape index (κ1) is 22.6. The Balaban J connectivity index is 2.50. The minimum Gasteiger partial charge on any atom is -0.416 e. The zero-order valence-corrected chi connectivity index (χ0v) is 20.2. The van der Waals surface area contributed by atoms with Crippen molar-refractivity contribution in [1.82, 2.24) is 0 Å². The van der Waals surface area contributed by atoms with Crippen molar-refractivity contribution in [3.8, 4) is 0 Å². The van der Waals surface area contributed by atoms with Crippen molar-refractivity contribution >= 4 is 30.9 Å². The molecule has 0 aromatic rings. The molecule has 1 fully saturated rings. The molecule has 3 atom stereocenters. The third-order valence-corrected chi connectivity index (χ3v) is 12.9. The van der Waals surface area contributed by atoms with Crippen LogP contribution in [0.15, 0.2) is 9.66 Å². The summed E-state index contributed by atoms with van der Waals surface area (Å²) in [5.74, 6) is 0.636. The Labute approximate surface area is 165 Å². The summed E-state index contributed by atoms with van der Waals surface area (Å²) < 4.78 is 15.1. The molecule has 0 bridgehead atoms. The van der Waals surface area contributed by atoms with E-state index in [0.717, 1.165) is 19.4 Å². The van der Waals surface area contributed by atoms with Crippen LogP contribution in [0.4, 0.5) is 0 Å². The average molecular weight is 467 g/mol. The van der Waals surface area contributed by atoms with Crippen molar-refractivity contribution in [2.45, 2.75) is 103 Å². The van der Waals surface area contributed by atoms with Gasteiger partial charge in [0.2, 0.25) is 0 Å². The van der Waals surface area contributed by atoms with Crippen LogP contribution in [0.2, 0.25) is 16.6 Å². The lowest BCUT2D eigenvalue weighted by atomic mass is 9.96. The molecule has 142 valence electrons. The Kier molecular flexibility index (Phi) is 9.51. The van der Waals surface area contributed by atoms with Gasteiger partial charge in [0.25, 0.3) is 0 Å². The molecule has 0 aromatic heterocycles. The third kappa shape index (κ3) is 5.30. The van der Waals surface area contributed by atoms with Crippen molar-refractivity contribution in [2.75, 3.05) is 6.61 Å². The van der Waals surface area contributed by atoms with E-state index in [2.05, 4.69) is 82.1 Å². The number of ether oxygens (including phenoxy) is 1. The zero-order chi connectivity index (χ0) is 18.5. The van der Waals surface area contributed by atoms with E-state index in [0.29, 0.717) is 34.7 Å². The van der Waals surface area contributed by atoms with Gasteiger partial charge in [0.1, 0.15) is 0 Å². The summed E-state index contributed by atoms with van der Waals surface area (Å²) in [6, 6.07) is 0. The van der Waals surface area contributed by atoms with Gasteiger partial charge in [-0.3, -0.25) is 0 Å². The lowest BCUT2D eigenvalue weighted by molar-refractivity contribution is 0.0492. The van der Waals surface area contributed by atoms with Crippen molar-refractivity contribution < 1.29 is 9.16 Å². The lowest BCUT2D eigenvalue weighted by Crippen LogP contribution is -2.48. The van der Waals surface area contributed by atoms with E-state index in [1.165, 1.54) is 12.0 Å². The molecule has 4 heteroatoms. The summed E-state index contributed by atoms with van der Waals surface area (Å²) in [4.78, 5) is 0. The molecule has 0 amide bonds. The fourth-order valence-corrected chi connectivity index (χ4v) is 10.7. The molecule has 1 heterocycles. The van der Waals surface area contributed by atoms with Crippen LogP contribution < -0.4 is 0 Å². The third-order valence-electron chi connectivity index (χ3n) is 5.84. The molecule has 1 aliphatic rings. The fraction of sp³-hybridized carbons (Fsp3) is 0.900. The van der Waals surface area contributed by atoms with E-state index < -0.39 is 8.32 Å². The van der Waals surface area contributed by atoms with Gasteiger partial charge in [0, 0.05) is 6.61 Å². The second-order valence-corrected chi connectivity index (χ2v) is 14.6. The van der Waals surface area contributed by atoms with Gasteiger partial charge in [-0.05, 0) is 58.4 Å². The molecule has 0 saturated carbocycles. The number of hydrogen-bond acceptors (Lipinski definition) is 2. The highest BCUT2D eigenvalue weighted by Gasteiger charge is 2.44. The Morgan fingerprint density at radius 2 is 1.71 bits per heavy atom. The summed E-state index contributed by atoms with van der Waals surface area (Å²) in [5.41, 5.74) is 3.37. The van der Waals surface area contributed by atoms with Gasteiger partial charge >= 0.3 is 0 Å². The highest BCUT2D eigenvalue weighted by Crippen LogP contribution is 2.42. The van der Waals surface area contributed by atoms with E-state index in [-0.39, 0.29) is 0 Å². The summed E-state index contributed by atoms with van der Waals surface area (Å²) in [5, 5.41) is 0. The van der Waals surface area contributed by atoms with Gasteiger partial charge in [0.05, 0.1) is 12.2 Å². The zero-order valence-electron chi connectivity index (χ0n) is 17.1. The summed E-state index contributed by atoms with van der Waals surface area (Å²) in [6.07, 6.45) is 4.18. The molecule has 0 aliphatic carbocycles. The highest BCUT2D eigenvalue weighted by atomic mass is 127. The van der Waals surface area contributed by atoms with Crippen LogP contribution in [0.5, 0.6) is 0 Å². The van der Waals surface area contributed by atoms with Gasteiger partial charge < -0.3 is 9.16 Å². The predicted octanol–water partition coefficient (Wildman–Crippen LogP) is 7.09. The molecule has 24 heavy (non-hydrogen) atoms. The molecule has 0 aromatic carbocycles. The molecule has 0 N–H and O–H groups in total. The molecular formula is C20H39IO2Si. The van der Waals surface area contributed by atoms with Crippen LogP contribution in [0.3, 0.4) is 0 Å². The minimum atomic E-state index is -1.71. The summed E-state index contributed by atoms with van der Waals surface area (Å²) in [6.45, 7) is 19.6. The van der Waals surface area contributed by atoms with E-state index in [1.54, 1.807) is 0 Å². The normalized spacial score (nSPS) is 26.2. The van der Waals surface area contributed by atoms with Crippen LogP contribution in [0.25, 0.3) is 0 Å². The Morgan fingerprint density at radius 1 is 1.17 bits per heavy atom. The van der Waals surface area contributed by atoms with E-state index in [1.807, 2.05) is 0 Å². The van der Waals surface area contributed by atoms with Crippen molar-refractivity contribution in [3.05, 3.63) is 9.66 Å². The van der Waals surface area contributed by atoms with Crippen molar-refractivity contribution in [3.63, 3.8) is 0 Å². The first-order valence-corrected chi connectivity index (χ1v) is 13.1. The smallest absolute Gasteiger partial charge is 0.200 e. The maximum Gasteiger partial charge on any atom is 0.200 e. The van der Waals surface area contributed by atoms with Crippen LogP contribution in [-0.4, -0.2) is 27.1 Å². The van der Waals surface area contributed by atoms with Gasteiger partial charge in [-0.15, -0.1) is 0 Å². The van der Waals surface area contributed by atoms with E-state index in [9.17, 15) is 0 Å². The molecule has 1 aliphatic heterocycles. The monoisotopic (exact) mass is 466 g/mol. The van der Waals surface area contributed by atoms with Gasteiger partial charge in [-0.1, -0.05) is 71.1 Å². The summed E-state index contributed by atoms with van der Waals surface area (Å²) in [7, 11) is -1.71. The SMILES string of the molecule is C/C(=C\I)[C@@H]1O[C@H](CCCO[Si](C(C)C)(C(C)C)C(C)C)C[C@H]1C. The van der Waals surface area contributed by atoms with Crippen LogP contribution >= 0.6 is 22.6 Å². The van der Waals surface area contributed by atoms with E-state index >= 15 is 0 Å². The number of hydrogen-bond donors (Lipinski definition) is 0. The topological polar surface area (TPSA) is 18.5 Å². The fourth-order valence-electron chi connectivity index (χ4n) is 4.80. The maximum absolute atomic E-state index is 6.67. The molecule has 1 saturated heterocycles. The Morgan fingerprint density at radius 3 is 2.17 bits per heavy atom. The second kappa shape index (κ2) is 10.1.